The summed E-state index contributed by atoms with van der Waals surface area (Å²) in [5.74, 6) is -1.53. The SMILES string of the molecule is CC/C=C/C/C=C/C/C=C/CCCCC(=O)OCC(COCCC(C(=O)O)[N+](C)(C)C)OC(=O)CCCCCCCCC/C=C/C/C=C/CCCCCCCCCCC. The lowest BCUT2D eigenvalue weighted by Crippen LogP contribution is -2.50. The summed E-state index contributed by atoms with van der Waals surface area (Å²) < 4.78 is 17.2. The molecule has 8 nitrogen and oxygen atoms in total. The van der Waals surface area contributed by atoms with Gasteiger partial charge in [-0.3, -0.25) is 9.59 Å². The van der Waals surface area contributed by atoms with Crippen LogP contribution in [0.25, 0.3) is 0 Å². The van der Waals surface area contributed by atoms with Gasteiger partial charge in [0.2, 0.25) is 0 Å². The second-order valence-corrected chi connectivity index (χ2v) is 17.0. The Morgan fingerprint density at radius 1 is 0.525 bits per heavy atom. The topological polar surface area (TPSA) is 99.1 Å². The Balaban J connectivity index is 4.29. The first-order valence-corrected chi connectivity index (χ1v) is 23.8. The van der Waals surface area contributed by atoms with Crippen LogP contribution in [0.1, 0.15) is 194 Å². The van der Waals surface area contributed by atoms with Crippen molar-refractivity contribution in [1.29, 1.82) is 0 Å². The molecule has 0 amide bonds. The minimum atomic E-state index is -0.883. The summed E-state index contributed by atoms with van der Waals surface area (Å²) in [6, 6.07) is -0.624. The van der Waals surface area contributed by atoms with Crippen LogP contribution in [0, 0.1) is 0 Å². The minimum absolute atomic E-state index is 0.0436. The first kappa shape index (κ1) is 56.0. The van der Waals surface area contributed by atoms with Gasteiger partial charge in [-0.25, -0.2) is 4.79 Å². The number of hydrogen-bond acceptors (Lipinski definition) is 6. The Bertz CT molecular complexity index is 1150. The minimum Gasteiger partial charge on any atom is -0.477 e. The molecule has 340 valence electrons. The number of ether oxygens (including phenoxy) is 3. The van der Waals surface area contributed by atoms with Gasteiger partial charge in [0.05, 0.1) is 34.4 Å². The van der Waals surface area contributed by atoms with Gasteiger partial charge in [-0.05, 0) is 77.0 Å². The molecule has 0 spiro atoms. The molecule has 0 saturated heterocycles. The van der Waals surface area contributed by atoms with E-state index in [4.69, 9.17) is 14.2 Å². The zero-order valence-electron chi connectivity index (χ0n) is 38.7. The highest BCUT2D eigenvalue weighted by molar-refractivity contribution is 5.72. The van der Waals surface area contributed by atoms with E-state index in [1.807, 2.05) is 21.1 Å². The molecular formula is C51H90NO7+. The molecule has 0 bridgehead atoms. The zero-order chi connectivity index (χ0) is 43.5. The summed E-state index contributed by atoms with van der Waals surface area (Å²) in [6.07, 6.45) is 51.4. The number of quaternary nitrogens is 1. The highest BCUT2D eigenvalue weighted by atomic mass is 16.6. The third-order valence-corrected chi connectivity index (χ3v) is 10.4. The van der Waals surface area contributed by atoms with Gasteiger partial charge in [0.15, 0.2) is 12.1 Å². The molecular weight excluding hydrogens is 739 g/mol. The Hall–Kier alpha value is -2.97. The Kier molecular flexibility index (Phi) is 39.6. The van der Waals surface area contributed by atoms with Gasteiger partial charge in [0, 0.05) is 19.3 Å². The highest BCUT2D eigenvalue weighted by Crippen LogP contribution is 2.14. The van der Waals surface area contributed by atoms with E-state index in [1.165, 1.54) is 89.9 Å². The third-order valence-electron chi connectivity index (χ3n) is 10.4. The Morgan fingerprint density at radius 3 is 1.44 bits per heavy atom. The summed E-state index contributed by atoms with van der Waals surface area (Å²) in [7, 11) is 5.51. The van der Waals surface area contributed by atoms with Crippen LogP contribution in [-0.4, -0.2) is 80.6 Å². The molecule has 0 heterocycles. The molecule has 0 saturated carbocycles. The number of rotatable bonds is 42. The van der Waals surface area contributed by atoms with Gasteiger partial charge in [0.1, 0.15) is 6.61 Å². The lowest BCUT2D eigenvalue weighted by Gasteiger charge is -2.31. The summed E-state index contributed by atoms with van der Waals surface area (Å²) >= 11 is 0. The van der Waals surface area contributed by atoms with Gasteiger partial charge >= 0.3 is 17.9 Å². The Labute approximate surface area is 362 Å². The van der Waals surface area contributed by atoms with E-state index in [1.54, 1.807) is 0 Å². The number of carbonyl (C=O) groups is 3. The molecule has 1 N–H and O–H groups in total. The van der Waals surface area contributed by atoms with Crippen molar-refractivity contribution in [3.63, 3.8) is 0 Å². The average molecular weight is 829 g/mol. The zero-order valence-corrected chi connectivity index (χ0v) is 38.7. The number of aliphatic carboxylic acids is 1. The van der Waals surface area contributed by atoms with E-state index >= 15 is 0 Å². The smallest absolute Gasteiger partial charge is 0.362 e. The predicted molar refractivity (Wildman–Crippen MR) is 247 cm³/mol. The number of allylic oxidation sites excluding steroid dienone is 10. The normalized spacial score (nSPS) is 13.4. The van der Waals surface area contributed by atoms with E-state index in [0.717, 1.165) is 70.6 Å². The fourth-order valence-corrected chi connectivity index (χ4v) is 6.72. The molecule has 0 aromatic carbocycles. The fraction of sp³-hybridized carbons (Fsp3) is 0.745. The highest BCUT2D eigenvalue weighted by Gasteiger charge is 2.31. The van der Waals surface area contributed by atoms with E-state index < -0.39 is 18.1 Å². The second kappa shape index (κ2) is 41.8. The summed E-state index contributed by atoms with van der Waals surface area (Å²) in [5.41, 5.74) is 0. The maximum Gasteiger partial charge on any atom is 0.362 e. The van der Waals surface area contributed by atoms with Crippen molar-refractivity contribution < 1.29 is 38.2 Å². The van der Waals surface area contributed by atoms with Crippen LogP contribution in [0.5, 0.6) is 0 Å². The maximum atomic E-state index is 12.8. The number of likely N-dealkylation sites (N-methyl/N-ethyl adjacent to an activating group) is 1. The molecule has 59 heavy (non-hydrogen) atoms. The molecule has 2 atom stereocenters. The fourth-order valence-electron chi connectivity index (χ4n) is 6.72. The van der Waals surface area contributed by atoms with E-state index in [9.17, 15) is 19.5 Å². The largest absolute Gasteiger partial charge is 0.477 e. The lowest BCUT2D eigenvalue weighted by molar-refractivity contribution is -0.887. The van der Waals surface area contributed by atoms with Gasteiger partial charge in [0.25, 0.3) is 0 Å². The standard InChI is InChI=1S/C51H89NO7/c1-6-8-10-12-14-16-18-20-21-22-23-24-25-26-27-28-29-30-32-34-36-38-40-42-50(54)59-47(45-57-44-43-48(51(55)56)52(3,4)5)46-58-49(53)41-39-37-35-33-31-19-17-15-13-11-9-7-2/h9,11,15,17,23-24,26-27,31,33,47-48H,6-8,10,12-14,16,18-22,25,28-30,32,34-46H2,1-5H3/p+1/b11-9+,17-15+,24-23+,27-26+,33-31+. The van der Waals surface area contributed by atoms with Crippen molar-refractivity contribution in [1.82, 2.24) is 0 Å². The van der Waals surface area contributed by atoms with Gasteiger partial charge in [-0.2, -0.15) is 0 Å². The van der Waals surface area contributed by atoms with Crippen molar-refractivity contribution in [3.8, 4) is 0 Å². The molecule has 0 aromatic rings. The first-order chi connectivity index (χ1) is 28.6. The van der Waals surface area contributed by atoms with Crippen LogP contribution in [0.2, 0.25) is 0 Å². The maximum absolute atomic E-state index is 12.8. The van der Waals surface area contributed by atoms with Crippen molar-refractivity contribution in [2.45, 2.75) is 206 Å². The van der Waals surface area contributed by atoms with Crippen LogP contribution in [0.15, 0.2) is 60.8 Å². The number of nitrogens with zero attached hydrogens (tertiary/aromatic N) is 1. The van der Waals surface area contributed by atoms with Crippen LogP contribution in [0.3, 0.4) is 0 Å². The second-order valence-electron chi connectivity index (χ2n) is 17.0. The number of esters is 2. The summed E-state index contributed by atoms with van der Waals surface area (Å²) in [6.45, 7) is 4.57. The van der Waals surface area contributed by atoms with Crippen molar-refractivity contribution in [2.75, 3.05) is 41.0 Å². The van der Waals surface area contributed by atoms with Crippen LogP contribution in [-0.2, 0) is 28.6 Å². The number of hydrogen-bond donors (Lipinski definition) is 1. The summed E-state index contributed by atoms with van der Waals surface area (Å²) in [4.78, 5) is 37.0. The Morgan fingerprint density at radius 2 is 0.949 bits per heavy atom. The van der Waals surface area contributed by atoms with Gasteiger partial charge < -0.3 is 23.8 Å². The number of carbonyl (C=O) groups excluding carboxylic acids is 2. The molecule has 0 rings (SSSR count). The van der Waals surface area contributed by atoms with Crippen LogP contribution >= 0.6 is 0 Å². The molecule has 0 fully saturated rings. The van der Waals surface area contributed by atoms with Crippen LogP contribution in [0.4, 0.5) is 0 Å². The van der Waals surface area contributed by atoms with Crippen molar-refractivity contribution in [2.24, 2.45) is 0 Å². The third kappa shape index (κ3) is 40.2. The monoisotopic (exact) mass is 829 g/mol. The van der Waals surface area contributed by atoms with E-state index in [2.05, 4.69) is 74.6 Å². The first-order valence-electron chi connectivity index (χ1n) is 23.8. The molecule has 0 aliphatic carbocycles. The summed E-state index contributed by atoms with van der Waals surface area (Å²) in [5, 5.41) is 9.63. The number of unbranched alkanes of at least 4 members (excludes halogenated alkanes) is 18. The van der Waals surface area contributed by atoms with Crippen molar-refractivity contribution >= 4 is 17.9 Å². The number of carboxylic acid groups (broad SMARTS) is 1. The number of carboxylic acids is 1. The van der Waals surface area contributed by atoms with Gasteiger partial charge in [-0.15, -0.1) is 0 Å². The van der Waals surface area contributed by atoms with Crippen molar-refractivity contribution in [3.05, 3.63) is 60.8 Å². The molecule has 0 aliphatic heterocycles. The van der Waals surface area contributed by atoms with Gasteiger partial charge in [-0.1, -0.05) is 158 Å². The average Bonchev–Trinajstić information content (AvgIpc) is 3.19. The van der Waals surface area contributed by atoms with E-state index in [-0.39, 0.29) is 36.2 Å². The molecule has 2 unspecified atom stereocenters. The quantitative estimate of drug-likeness (QED) is 0.0283. The molecule has 0 aliphatic rings. The predicted octanol–water partition coefficient (Wildman–Crippen LogP) is 13.4. The molecule has 0 aromatic heterocycles. The lowest BCUT2D eigenvalue weighted by atomic mass is 10.1. The van der Waals surface area contributed by atoms with Crippen LogP contribution < -0.4 is 0 Å². The molecule has 0 radical (unpaired) electrons. The van der Waals surface area contributed by atoms with E-state index in [0.29, 0.717) is 19.3 Å². The molecule has 8 heteroatoms.